The van der Waals surface area contributed by atoms with Gasteiger partial charge < -0.3 is 5.32 Å². The zero-order valence-electron chi connectivity index (χ0n) is 24.2. The predicted octanol–water partition coefficient (Wildman–Crippen LogP) is 8.29. The lowest BCUT2D eigenvalue weighted by atomic mass is 10.0. The van der Waals surface area contributed by atoms with Crippen LogP contribution < -0.4 is 5.32 Å². The van der Waals surface area contributed by atoms with Crippen molar-refractivity contribution in [3.05, 3.63) is 59.7 Å². The van der Waals surface area contributed by atoms with E-state index in [1.807, 2.05) is 24.3 Å². The van der Waals surface area contributed by atoms with E-state index in [9.17, 15) is 8.42 Å². The molecule has 0 radical (unpaired) electrons. The van der Waals surface area contributed by atoms with Crippen LogP contribution in [0.25, 0.3) is 0 Å². The fourth-order valence-corrected chi connectivity index (χ4v) is 5.76. The average molecular weight is 556 g/mol. The summed E-state index contributed by atoms with van der Waals surface area (Å²) in [6, 6.07) is 15.3. The molecule has 2 aromatic rings. The molecule has 0 fully saturated rings. The number of unbranched alkanes of at least 4 members (excludes halogenated alkanes) is 10. The molecule has 39 heavy (non-hydrogen) atoms. The number of hydroxylamine groups is 2. The Bertz CT molecular complexity index is 1080. The molecule has 1 N–H and O–H groups in total. The Morgan fingerprint density at radius 3 is 1.90 bits per heavy atom. The Morgan fingerprint density at radius 2 is 1.28 bits per heavy atom. The molecule has 0 bridgehead atoms. The Morgan fingerprint density at radius 1 is 0.744 bits per heavy atom. The van der Waals surface area contributed by atoms with Crippen molar-refractivity contribution in [3.63, 3.8) is 0 Å². The summed E-state index contributed by atoms with van der Waals surface area (Å²) in [6.07, 6.45) is 18.2. The van der Waals surface area contributed by atoms with Crippen LogP contribution in [0.4, 0.5) is 5.69 Å². The summed E-state index contributed by atoms with van der Waals surface area (Å²) in [5.41, 5.74) is 3.32. The van der Waals surface area contributed by atoms with E-state index in [0.29, 0.717) is 19.0 Å². The minimum Gasteiger partial charge on any atom is -0.324 e. The van der Waals surface area contributed by atoms with Gasteiger partial charge in [-0.05, 0) is 67.5 Å². The molecule has 0 amide bonds. The number of nitrogens with zero attached hydrogens (tertiary/aromatic N) is 2. The molecule has 0 aliphatic carbocycles. The van der Waals surface area contributed by atoms with Crippen LogP contribution >= 0.6 is 0 Å². The van der Waals surface area contributed by atoms with Crippen molar-refractivity contribution in [2.24, 2.45) is 4.99 Å². The van der Waals surface area contributed by atoms with Gasteiger partial charge in [-0.25, -0.2) is 5.06 Å². The fraction of sp³-hybridized carbons (Fsp3) is 0.594. The van der Waals surface area contributed by atoms with Gasteiger partial charge in [0.2, 0.25) is 5.96 Å². The van der Waals surface area contributed by atoms with Gasteiger partial charge >= 0.3 is 10.1 Å². The molecule has 0 saturated carbocycles. The van der Waals surface area contributed by atoms with Gasteiger partial charge in [0.1, 0.15) is 0 Å². The topological polar surface area (TPSA) is 71.0 Å². The SMILES string of the molecule is CCCCCCCCCCCCc1ccc(S(=O)(=O)ON2CCCN=C2Nc2ccc(CCCC)cc2)cc1. The van der Waals surface area contributed by atoms with E-state index >= 15 is 0 Å². The van der Waals surface area contributed by atoms with Gasteiger partial charge in [0.15, 0.2) is 0 Å². The first-order valence-electron chi connectivity index (χ1n) is 15.2. The lowest BCUT2D eigenvalue weighted by Gasteiger charge is -2.27. The molecule has 0 saturated heterocycles. The first-order chi connectivity index (χ1) is 19.0. The van der Waals surface area contributed by atoms with E-state index in [1.165, 1.54) is 81.3 Å². The highest BCUT2D eigenvalue weighted by atomic mass is 32.2. The minimum atomic E-state index is -3.96. The predicted molar refractivity (Wildman–Crippen MR) is 163 cm³/mol. The second-order valence-corrected chi connectivity index (χ2v) is 12.2. The number of hydrogen-bond donors (Lipinski definition) is 1. The van der Waals surface area contributed by atoms with Gasteiger partial charge in [0.25, 0.3) is 0 Å². The van der Waals surface area contributed by atoms with Crippen molar-refractivity contribution >= 4 is 21.8 Å². The summed E-state index contributed by atoms with van der Waals surface area (Å²) < 4.78 is 31.6. The van der Waals surface area contributed by atoms with Crippen LogP contribution in [0.2, 0.25) is 0 Å². The third kappa shape index (κ3) is 11.3. The first-order valence-corrected chi connectivity index (χ1v) is 16.6. The minimum absolute atomic E-state index is 0.166. The molecule has 0 aromatic heterocycles. The Hall–Kier alpha value is -2.38. The molecule has 3 rings (SSSR count). The van der Waals surface area contributed by atoms with Crippen molar-refractivity contribution in [2.45, 2.75) is 115 Å². The van der Waals surface area contributed by atoms with Crippen LogP contribution in [0.3, 0.4) is 0 Å². The molecule has 2 aromatic carbocycles. The van der Waals surface area contributed by atoms with Gasteiger partial charge in [-0.3, -0.25) is 4.99 Å². The number of guanidine groups is 1. The number of aryl methyl sites for hydroxylation is 2. The molecule has 0 unspecified atom stereocenters. The summed E-state index contributed by atoms with van der Waals surface area (Å²) in [4.78, 5) is 4.66. The quantitative estimate of drug-likeness (QED) is 0.187. The standard InChI is InChI=1S/C32H49N3O3S/c1-3-5-7-8-9-10-11-12-13-14-17-29-20-24-31(25-21-29)39(36,37)38-35-27-15-26-33-32(35)34-30-22-18-28(19-23-30)16-6-4-2/h18-25H,3-17,26-27H2,1-2H3,(H,33,34). The summed E-state index contributed by atoms with van der Waals surface area (Å²) in [5.74, 6) is 0.420. The molecule has 1 aliphatic heterocycles. The number of nitrogens with one attached hydrogen (secondary N) is 1. The normalized spacial score (nSPS) is 13.9. The molecule has 1 heterocycles. The highest BCUT2D eigenvalue weighted by Crippen LogP contribution is 2.20. The average Bonchev–Trinajstić information content (AvgIpc) is 2.95. The number of rotatable bonds is 18. The van der Waals surface area contributed by atoms with Crippen LogP contribution in [-0.4, -0.2) is 32.5 Å². The van der Waals surface area contributed by atoms with Crippen LogP contribution in [0.5, 0.6) is 0 Å². The Labute approximate surface area is 237 Å². The highest BCUT2D eigenvalue weighted by Gasteiger charge is 2.25. The van der Waals surface area contributed by atoms with Crippen LogP contribution in [0.15, 0.2) is 58.4 Å². The van der Waals surface area contributed by atoms with E-state index in [-0.39, 0.29) is 4.90 Å². The van der Waals surface area contributed by atoms with Crippen molar-refractivity contribution in [1.82, 2.24) is 5.06 Å². The second-order valence-electron chi connectivity index (χ2n) is 10.7. The molecule has 1 aliphatic rings. The molecular weight excluding hydrogens is 506 g/mol. The van der Waals surface area contributed by atoms with Gasteiger partial charge in [0.05, 0.1) is 11.4 Å². The number of aliphatic imine (C=N–C) groups is 1. The summed E-state index contributed by atoms with van der Waals surface area (Å²) in [6.45, 7) is 5.53. The molecule has 6 nitrogen and oxygen atoms in total. The van der Waals surface area contributed by atoms with Gasteiger partial charge in [-0.2, -0.15) is 8.42 Å². The Balaban J connectivity index is 1.44. The van der Waals surface area contributed by atoms with E-state index in [2.05, 4.69) is 36.3 Å². The molecule has 0 spiro atoms. The van der Waals surface area contributed by atoms with E-state index in [1.54, 1.807) is 12.1 Å². The lowest BCUT2D eigenvalue weighted by molar-refractivity contribution is 0.0218. The first kappa shape index (κ1) is 31.2. The summed E-state index contributed by atoms with van der Waals surface area (Å²) >= 11 is 0. The van der Waals surface area contributed by atoms with Gasteiger partial charge in [-0.1, -0.05) is 102 Å². The third-order valence-corrected chi connectivity index (χ3v) is 8.49. The number of benzene rings is 2. The van der Waals surface area contributed by atoms with Gasteiger partial charge in [0, 0.05) is 12.2 Å². The van der Waals surface area contributed by atoms with Crippen LogP contribution in [0, 0.1) is 0 Å². The highest BCUT2D eigenvalue weighted by molar-refractivity contribution is 7.86. The third-order valence-electron chi connectivity index (χ3n) is 7.27. The van der Waals surface area contributed by atoms with Crippen molar-refractivity contribution in [2.75, 3.05) is 18.4 Å². The molecule has 0 atom stereocenters. The van der Waals surface area contributed by atoms with Crippen LogP contribution in [-0.2, 0) is 27.2 Å². The maximum Gasteiger partial charge on any atom is 0.317 e. The molecular formula is C32H49N3O3S. The van der Waals surface area contributed by atoms with Crippen LogP contribution in [0.1, 0.15) is 108 Å². The monoisotopic (exact) mass is 555 g/mol. The van der Waals surface area contributed by atoms with Gasteiger partial charge in [-0.15, -0.1) is 4.28 Å². The lowest BCUT2D eigenvalue weighted by Crippen LogP contribution is -2.41. The smallest absolute Gasteiger partial charge is 0.317 e. The van der Waals surface area contributed by atoms with Crippen molar-refractivity contribution in [3.8, 4) is 0 Å². The van der Waals surface area contributed by atoms with Crippen molar-refractivity contribution in [1.29, 1.82) is 0 Å². The molecule has 216 valence electrons. The number of anilines is 1. The number of hydrogen-bond acceptors (Lipinski definition) is 6. The van der Waals surface area contributed by atoms with E-state index in [4.69, 9.17) is 4.28 Å². The fourth-order valence-electron chi connectivity index (χ4n) is 4.82. The maximum absolute atomic E-state index is 13.1. The summed E-state index contributed by atoms with van der Waals surface area (Å²) in [7, 11) is -3.96. The van der Waals surface area contributed by atoms with E-state index in [0.717, 1.165) is 36.9 Å². The Kier molecular flexibility index (Phi) is 13.9. The largest absolute Gasteiger partial charge is 0.324 e. The van der Waals surface area contributed by atoms with E-state index < -0.39 is 10.1 Å². The zero-order valence-corrected chi connectivity index (χ0v) is 25.0. The zero-order chi connectivity index (χ0) is 27.8. The van der Waals surface area contributed by atoms with Crippen molar-refractivity contribution < 1.29 is 12.7 Å². The molecule has 7 heteroatoms. The second kappa shape index (κ2) is 17.3. The summed E-state index contributed by atoms with van der Waals surface area (Å²) in [5, 5.41) is 4.60. The maximum atomic E-state index is 13.1.